The van der Waals surface area contributed by atoms with Crippen LogP contribution in [0.2, 0.25) is 0 Å². The standard InChI is InChI=1S/C17H21FN2O/c1-4-20(11-15-7-5-6-12(2)19-15)17-9-8-14(18)10-16(17)13(3)21/h5-10,13,21H,4,11H2,1-3H3/t13-/m1/s1. The van der Waals surface area contributed by atoms with Crippen molar-refractivity contribution in [1.82, 2.24) is 4.98 Å². The largest absolute Gasteiger partial charge is 0.389 e. The van der Waals surface area contributed by atoms with Crippen LogP contribution in [0.4, 0.5) is 10.1 Å². The van der Waals surface area contributed by atoms with Crippen LogP contribution in [-0.2, 0) is 6.54 Å². The molecule has 112 valence electrons. The number of rotatable bonds is 5. The lowest BCUT2D eigenvalue weighted by atomic mass is 10.1. The van der Waals surface area contributed by atoms with E-state index < -0.39 is 6.10 Å². The Morgan fingerprint density at radius 2 is 2.05 bits per heavy atom. The Morgan fingerprint density at radius 3 is 2.67 bits per heavy atom. The Balaban J connectivity index is 2.33. The Bertz CT molecular complexity index is 613. The summed E-state index contributed by atoms with van der Waals surface area (Å²) in [7, 11) is 0. The highest BCUT2D eigenvalue weighted by Gasteiger charge is 2.15. The maximum absolute atomic E-state index is 13.4. The molecule has 2 rings (SSSR count). The third-order valence-corrected chi connectivity index (χ3v) is 3.46. The number of aliphatic hydroxyl groups excluding tert-OH is 1. The van der Waals surface area contributed by atoms with Crippen molar-refractivity contribution in [2.24, 2.45) is 0 Å². The maximum Gasteiger partial charge on any atom is 0.123 e. The number of halogens is 1. The van der Waals surface area contributed by atoms with E-state index >= 15 is 0 Å². The zero-order chi connectivity index (χ0) is 15.4. The molecule has 1 aromatic heterocycles. The maximum atomic E-state index is 13.4. The average molecular weight is 288 g/mol. The van der Waals surface area contributed by atoms with Gasteiger partial charge < -0.3 is 10.0 Å². The molecule has 1 aromatic carbocycles. The number of benzene rings is 1. The van der Waals surface area contributed by atoms with Crippen LogP contribution in [0, 0.1) is 12.7 Å². The van der Waals surface area contributed by atoms with Gasteiger partial charge in [0.2, 0.25) is 0 Å². The van der Waals surface area contributed by atoms with Crippen molar-refractivity contribution >= 4 is 5.69 Å². The molecule has 0 unspecified atom stereocenters. The number of aliphatic hydroxyl groups is 1. The summed E-state index contributed by atoms with van der Waals surface area (Å²) < 4.78 is 13.4. The summed E-state index contributed by atoms with van der Waals surface area (Å²) in [5.41, 5.74) is 3.37. The zero-order valence-electron chi connectivity index (χ0n) is 12.7. The van der Waals surface area contributed by atoms with E-state index in [0.29, 0.717) is 12.1 Å². The van der Waals surface area contributed by atoms with E-state index in [1.54, 1.807) is 13.0 Å². The molecule has 0 aliphatic rings. The van der Waals surface area contributed by atoms with Crippen LogP contribution in [0.3, 0.4) is 0 Å². The molecule has 2 aromatic rings. The van der Waals surface area contributed by atoms with Gasteiger partial charge in [-0.1, -0.05) is 6.07 Å². The number of anilines is 1. The molecule has 0 amide bonds. The first-order valence-electron chi connectivity index (χ1n) is 7.16. The number of pyridine rings is 1. The van der Waals surface area contributed by atoms with Crippen LogP contribution in [0.25, 0.3) is 0 Å². The topological polar surface area (TPSA) is 36.4 Å². The number of nitrogens with zero attached hydrogens (tertiary/aromatic N) is 2. The molecule has 1 atom stereocenters. The first-order chi connectivity index (χ1) is 10.0. The molecule has 0 aliphatic heterocycles. The summed E-state index contributed by atoms with van der Waals surface area (Å²) in [4.78, 5) is 6.59. The molecule has 0 bridgehead atoms. The second kappa shape index (κ2) is 6.68. The third-order valence-electron chi connectivity index (χ3n) is 3.46. The highest BCUT2D eigenvalue weighted by Crippen LogP contribution is 2.28. The molecule has 0 saturated carbocycles. The van der Waals surface area contributed by atoms with Gasteiger partial charge >= 0.3 is 0 Å². The Hall–Kier alpha value is -1.94. The van der Waals surface area contributed by atoms with Crippen LogP contribution in [-0.4, -0.2) is 16.6 Å². The second-order valence-corrected chi connectivity index (χ2v) is 5.16. The van der Waals surface area contributed by atoms with Crippen molar-refractivity contribution in [1.29, 1.82) is 0 Å². The van der Waals surface area contributed by atoms with Crippen LogP contribution in [0.15, 0.2) is 36.4 Å². The van der Waals surface area contributed by atoms with Gasteiger partial charge in [-0.25, -0.2) is 4.39 Å². The second-order valence-electron chi connectivity index (χ2n) is 5.16. The number of aryl methyl sites for hydroxylation is 1. The number of aromatic nitrogens is 1. The summed E-state index contributed by atoms with van der Waals surface area (Å²) in [5.74, 6) is -0.334. The fourth-order valence-electron chi connectivity index (χ4n) is 2.40. The van der Waals surface area contributed by atoms with E-state index in [9.17, 15) is 9.50 Å². The Kier molecular flexibility index (Phi) is 4.91. The minimum atomic E-state index is -0.713. The predicted octanol–water partition coefficient (Wildman–Crippen LogP) is 3.61. The first kappa shape index (κ1) is 15.4. The molecule has 0 radical (unpaired) electrons. The van der Waals surface area contributed by atoms with E-state index in [0.717, 1.165) is 23.6 Å². The molecular weight excluding hydrogens is 267 g/mol. The van der Waals surface area contributed by atoms with E-state index in [-0.39, 0.29) is 5.82 Å². The highest BCUT2D eigenvalue weighted by molar-refractivity contribution is 5.55. The van der Waals surface area contributed by atoms with Crippen LogP contribution < -0.4 is 4.90 Å². The summed E-state index contributed by atoms with van der Waals surface area (Å²) in [6, 6.07) is 10.4. The van der Waals surface area contributed by atoms with E-state index in [1.807, 2.05) is 32.0 Å². The van der Waals surface area contributed by atoms with Crippen molar-refractivity contribution in [3.05, 3.63) is 59.2 Å². The molecule has 0 fully saturated rings. The van der Waals surface area contributed by atoms with Crippen molar-refractivity contribution in [2.75, 3.05) is 11.4 Å². The van der Waals surface area contributed by atoms with Gasteiger partial charge in [0.15, 0.2) is 0 Å². The lowest BCUT2D eigenvalue weighted by Gasteiger charge is -2.26. The van der Waals surface area contributed by atoms with Gasteiger partial charge in [0.1, 0.15) is 5.82 Å². The average Bonchev–Trinajstić information content (AvgIpc) is 2.45. The summed E-state index contributed by atoms with van der Waals surface area (Å²) in [6.45, 7) is 7.02. The van der Waals surface area contributed by atoms with Gasteiger partial charge in [-0.2, -0.15) is 0 Å². The molecule has 4 heteroatoms. The van der Waals surface area contributed by atoms with E-state index in [1.165, 1.54) is 12.1 Å². The van der Waals surface area contributed by atoms with Crippen LogP contribution in [0.1, 0.15) is 36.9 Å². The molecule has 1 heterocycles. The van der Waals surface area contributed by atoms with Crippen molar-refractivity contribution < 1.29 is 9.50 Å². The smallest absolute Gasteiger partial charge is 0.123 e. The van der Waals surface area contributed by atoms with Crippen molar-refractivity contribution in [3.8, 4) is 0 Å². The predicted molar refractivity (Wildman–Crippen MR) is 82.7 cm³/mol. The molecular formula is C17H21FN2O. The fourth-order valence-corrected chi connectivity index (χ4v) is 2.40. The summed E-state index contributed by atoms with van der Waals surface area (Å²) >= 11 is 0. The number of hydrogen-bond donors (Lipinski definition) is 1. The molecule has 0 spiro atoms. The lowest BCUT2D eigenvalue weighted by Crippen LogP contribution is -2.24. The van der Waals surface area contributed by atoms with E-state index in [2.05, 4.69) is 9.88 Å². The van der Waals surface area contributed by atoms with Gasteiger partial charge in [0.05, 0.1) is 18.3 Å². The Labute approximate surface area is 125 Å². The zero-order valence-corrected chi connectivity index (χ0v) is 12.7. The van der Waals surface area contributed by atoms with Gasteiger partial charge in [-0.3, -0.25) is 4.98 Å². The number of hydrogen-bond acceptors (Lipinski definition) is 3. The van der Waals surface area contributed by atoms with E-state index in [4.69, 9.17) is 0 Å². The van der Waals surface area contributed by atoms with Gasteiger partial charge in [0, 0.05) is 23.5 Å². The minimum Gasteiger partial charge on any atom is -0.389 e. The van der Waals surface area contributed by atoms with Crippen LogP contribution in [0.5, 0.6) is 0 Å². The highest BCUT2D eigenvalue weighted by atomic mass is 19.1. The lowest BCUT2D eigenvalue weighted by molar-refractivity contribution is 0.199. The van der Waals surface area contributed by atoms with Crippen LogP contribution >= 0.6 is 0 Å². The summed E-state index contributed by atoms with van der Waals surface area (Å²) in [5, 5.41) is 9.87. The molecule has 0 saturated heterocycles. The normalized spacial score (nSPS) is 12.2. The van der Waals surface area contributed by atoms with Crippen molar-refractivity contribution in [3.63, 3.8) is 0 Å². The minimum absolute atomic E-state index is 0.334. The first-order valence-corrected chi connectivity index (χ1v) is 7.16. The van der Waals surface area contributed by atoms with Gasteiger partial charge in [-0.15, -0.1) is 0 Å². The van der Waals surface area contributed by atoms with Gasteiger partial charge in [0.25, 0.3) is 0 Å². The monoisotopic (exact) mass is 288 g/mol. The molecule has 1 N–H and O–H groups in total. The molecule has 0 aliphatic carbocycles. The van der Waals surface area contributed by atoms with Gasteiger partial charge in [-0.05, 0) is 51.1 Å². The molecule has 21 heavy (non-hydrogen) atoms. The SMILES string of the molecule is CCN(Cc1cccc(C)n1)c1ccc(F)cc1[C@@H](C)O. The Morgan fingerprint density at radius 1 is 1.29 bits per heavy atom. The summed E-state index contributed by atoms with van der Waals surface area (Å²) in [6.07, 6.45) is -0.713. The van der Waals surface area contributed by atoms with Crippen molar-refractivity contribution in [2.45, 2.75) is 33.4 Å². The quantitative estimate of drug-likeness (QED) is 0.913. The third kappa shape index (κ3) is 3.79. The molecule has 3 nitrogen and oxygen atoms in total. The fraction of sp³-hybridized carbons (Fsp3) is 0.353.